The first-order chi connectivity index (χ1) is 8.41. The number of aliphatic carboxylic acids is 1. The molecule has 0 aliphatic heterocycles. The number of carboxylic acid groups (broad SMARTS) is 1. The maximum Gasteiger partial charge on any atom is 0.321 e. The maximum absolute atomic E-state index is 13.2. The topological polar surface area (TPSA) is 69.6 Å². The van der Waals surface area contributed by atoms with Gasteiger partial charge in [0.25, 0.3) is 0 Å². The molecule has 18 heavy (non-hydrogen) atoms. The van der Waals surface area contributed by atoms with E-state index in [1.807, 2.05) is 5.32 Å². The molecule has 1 rings (SSSR count). The third-order valence-corrected chi connectivity index (χ3v) is 2.20. The van der Waals surface area contributed by atoms with Gasteiger partial charge < -0.3 is 15.3 Å². The lowest BCUT2D eigenvalue weighted by atomic mass is 10.3. The molecule has 0 aromatic heterocycles. The Morgan fingerprint density at radius 1 is 1.33 bits per heavy atom. The molecule has 5 nitrogen and oxygen atoms in total. The van der Waals surface area contributed by atoms with Crippen molar-refractivity contribution >= 4 is 17.7 Å². The first kappa shape index (κ1) is 13.9. The number of amides is 2. The number of benzene rings is 1. The lowest BCUT2D eigenvalue weighted by Gasteiger charge is -2.17. The molecule has 0 unspecified atom stereocenters. The Morgan fingerprint density at radius 2 is 1.89 bits per heavy atom. The average molecular weight is 258 g/mol. The molecule has 1 aromatic carbocycles. The van der Waals surface area contributed by atoms with Gasteiger partial charge in [-0.25, -0.2) is 13.6 Å². The summed E-state index contributed by atoms with van der Waals surface area (Å²) in [4.78, 5) is 22.9. The largest absolute Gasteiger partial charge is 0.481 e. The van der Waals surface area contributed by atoms with Gasteiger partial charge in [0.05, 0.1) is 6.42 Å². The molecule has 0 saturated carbocycles. The van der Waals surface area contributed by atoms with Gasteiger partial charge in [0.1, 0.15) is 17.3 Å². The second kappa shape index (κ2) is 5.95. The molecule has 2 amide bonds. The molecule has 0 aliphatic rings. The van der Waals surface area contributed by atoms with E-state index in [4.69, 9.17) is 5.11 Å². The SMILES string of the molecule is CN(CCC(=O)O)C(=O)Nc1c(F)cccc1F. The summed E-state index contributed by atoms with van der Waals surface area (Å²) in [7, 11) is 1.33. The lowest BCUT2D eigenvalue weighted by Crippen LogP contribution is -2.33. The molecule has 0 saturated heterocycles. The summed E-state index contributed by atoms with van der Waals surface area (Å²) in [5.41, 5.74) is -0.551. The van der Waals surface area contributed by atoms with Gasteiger partial charge in [-0.2, -0.15) is 0 Å². The zero-order chi connectivity index (χ0) is 13.7. The van der Waals surface area contributed by atoms with Gasteiger partial charge in [-0.05, 0) is 12.1 Å². The van der Waals surface area contributed by atoms with Gasteiger partial charge in [-0.15, -0.1) is 0 Å². The van der Waals surface area contributed by atoms with Crippen molar-refractivity contribution in [1.29, 1.82) is 0 Å². The third-order valence-electron chi connectivity index (χ3n) is 2.20. The summed E-state index contributed by atoms with van der Waals surface area (Å²) in [5.74, 6) is -2.85. The highest BCUT2D eigenvalue weighted by atomic mass is 19.1. The number of nitrogens with one attached hydrogen (secondary N) is 1. The van der Waals surface area contributed by atoms with Crippen molar-refractivity contribution in [3.63, 3.8) is 0 Å². The molecule has 0 bridgehead atoms. The van der Waals surface area contributed by atoms with Crippen LogP contribution in [0.1, 0.15) is 6.42 Å². The van der Waals surface area contributed by atoms with Crippen LogP contribution in [0.4, 0.5) is 19.3 Å². The molecule has 0 atom stereocenters. The lowest BCUT2D eigenvalue weighted by molar-refractivity contribution is -0.137. The van der Waals surface area contributed by atoms with Crippen LogP contribution in [0.2, 0.25) is 0 Å². The quantitative estimate of drug-likeness (QED) is 0.866. The molecular weight excluding hydrogens is 246 g/mol. The fraction of sp³-hybridized carbons (Fsp3) is 0.273. The summed E-state index contributed by atoms with van der Waals surface area (Å²) in [6, 6.07) is 2.42. The van der Waals surface area contributed by atoms with Crippen molar-refractivity contribution in [2.75, 3.05) is 18.9 Å². The van der Waals surface area contributed by atoms with E-state index < -0.39 is 29.3 Å². The molecule has 0 fully saturated rings. The second-order valence-corrected chi connectivity index (χ2v) is 3.59. The fourth-order valence-electron chi connectivity index (χ4n) is 1.18. The van der Waals surface area contributed by atoms with E-state index in [9.17, 15) is 18.4 Å². The van der Waals surface area contributed by atoms with Gasteiger partial charge in [-0.1, -0.05) is 6.07 Å². The van der Waals surface area contributed by atoms with Crippen molar-refractivity contribution in [2.24, 2.45) is 0 Å². The first-order valence-corrected chi connectivity index (χ1v) is 5.09. The number of nitrogens with zero attached hydrogens (tertiary/aromatic N) is 1. The Kier molecular flexibility index (Phi) is 4.59. The predicted octanol–water partition coefficient (Wildman–Crippen LogP) is 1.90. The summed E-state index contributed by atoms with van der Waals surface area (Å²) in [6.45, 7) is -0.0583. The van der Waals surface area contributed by atoms with Crippen LogP contribution in [-0.2, 0) is 4.79 Å². The van der Waals surface area contributed by atoms with E-state index in [0.29, 0.717) is 0 Å². The number of carboxylic acids is 1. The fourth-order valence-corrected chi connectivity index (χ4v) is 1.18. The molecule has 0 heterocycles. The van der Waals surface area contributed by atoms with Crippen LogP contribution in [0.25, 0.3) is 0 Å². The van der Waals surface area contributed by atoms with Crippen LogP contribution < -0.4 is 5.32 Å². The Hall–Kier alpha value is -2.18. The number of carbonyl (C=O) groups excluding carboxylic acids is 1. The van der Waals surface area contributed by atoms with Crippen molar-refractivity contribution in [2.45, 2.75) is 6.42 Å². The average Bonchev–Trinajstić information content (AvgIpc) is 2.30. The number of anilines is 1. The normalized spacial score (nSPS) is 9.94. The molecular formula is C11H12F2N2O3. The van der Waals surface area contributed by atoms with Gasteiger partial charge in [0.15, 0.2) is 0 Å². The first-order valence-electron chi connectivity index (χ1n) is 5.09. The van der Waals surface area contributed by atoms with E-state index in [-0.39, 0.29) is 13.0 Å². The van der Waals surface area contributed by atoms with E-state index >= 15 is 0 Å². The molecule has 1 aromatic rings. The number of rotatable bonds is 4. The number of para-hydroxylation sites is 1. The number of halogens is 2. The van der Waals surface area contributed by atoms with Crippen molar-refractivity contribution in [3.05, 3.63) is 29.8 Å². The monoisotopic (exact) mass is 258 g/mol. The molecule has 0 aliphatic carbocycles. The summed E-state index contributed by atoms with van der Waals surface area (Å²) >= 11 is 0. The summed E-state index contributed by atoms with van der Waals surface area (Å²) < 4.78 is 26.4. The molecule has 0 spiro atoms. The smallest absolute Gasteiger partial charge is 0.321 e. The summed E-state index contributed by atoms with van der Waals surface area (Å²) in [6.07, 6.45) is -0.246. The molecule has 2 N–H and O–H groups in total. The van der Waals surface area contributed by atoms with Gasteiger partial charge >= 0.3 is 12.0 Å². The third kappa shape index (κ3) is 3.69. The Bertz CT molecular complexity index is 445. The zero-order valence-corrected chi connectivity index (χ0v) is 9.61. The van der Waals surface area contributed by atoms with Crippen LogP contribution in [0, 0.1) is 11.6 Å². The van der Waals surface area contributed by atoms with Gasteiger partial charge in [0.2, 0.25) is 0 Å². The number of carbonyl (C=O) groups is 2. The Balaban J connectivity index is 2.67. The zero-order valence-electron chi connectivity index (χ0n) is 9.61. The molecule has 0 radical (unpaired) electrons. The van der Waals surface area contributed by atoms with Crippen LogP contribution in [0.5, 0.6) is 0 Å². The van der Waals surface area contributed by atoms with E-state index in [2.05, 4.69) is 0 Å². The maximum atomic E-state index is 13.2. The molecule has 7 heteroatoms. The van der Waals surface area contributed by atoms with E-state index in [0.717, 1.165) is 17.0 Å². The summed E-state index contributed by atoms with van der Waals surface area (Å²) in [5, 5.41) is 10.5. The van der Waals surface area contributed by atoms with Gasteiger partial charge in [-0.3, -0.25) is 4.79 Å². The van der Waals surface area contributed by atoms with E-state index in [1.54, 1.807) is 0 Å². The van der Waals surface area contributed by atoms with Crippen LogP contribution >= 0.6 is 0 Å². The molecule has 98 valence electrons. The minimum Gasteiger partial charge on any atom is -0.481 e. The predicted molar refractivity (Wildman–Crippen MR) is 60.3 cm³/mol. The van der Waals surface area contributed by atoms with Crippen LogP contribution in [0.15, 0.2) is 18.2 Å². The number of hydrogen-bond donors (Lipinski definition) is 2. The second-order valence-electron chi connectivity index (χ2n) is 3.59. The van der Waals surface area contributed by atoms with Crippen molar-refractivity contribution in [1.82, 2.24) is 4.90 Å². The van der Waals surface area contributed by atoms with Crippen LogP contribution in [-0.4, -0.2) is 35.6 Å². The highest BCUT2D eigenvalue weighted by Crippen LogP contribution is 2.18. The standard InChI is InChI=1S/C11H12F2N2O3/c1-15(6-5-9(16)17)11(18)14-10-7(12)3-2-4-8(10)13/h2-4H,5-6H2,1H3,(H,14,18)(H,16,17). The number of urea groups is 1. The minimum atomic E-state index is -1.06. The minimum absolute atomic E-state index is 0.0583. The Labute approximate surface area is 102 Å². The van der Waals surface area contributed by atoms with E-state index in [1.165, 1.54) is 13.1 Å². The highest BCUT2D eigenvalue weighted by Gasteiger charge is 2.15. The van der Waals surface area contributed by atoms with Crippen LogP contribution in [0.3, 0.4) is 0 Å². The Morgan fingerprint density at radius 3 is 2.39 bits per heavy atom. The highest BCUT2D eigenvalue weighted by molar-refractivity contribution is 5.89. The van der Waals surface area contributed by atoms with Crippen molar-refractivity contribution in [3.8, 4) is 0 Å². The van der Waals surface area contributed by atoms with Gasteiger partial charge in [0, 0.05) is 13.6 Å². The van der Waals surface area contributed by atoms with Crippen molar-refractivity contribution < 1.29 is 23.5 Å². The number of hydrogen-bond acceptors (Lipinski definition) is 2.